The zero-order valence-electron chi connectivity index (χ0n) is 9.14. The zero-order chi connectivity index (χ0) is 11.5. The average molecular weight is 226 g/mol. The lowest BCUT2D eigenvalue weighted by atomic mass is 10.1. The van der Waals surface area contributed by atoms with E-state index in [2.05, 4.69) is 9.97 Å². The molecule has 1 aliphatic rings. The molecule has 1 aromatic rings. The van der Waals surface area contributed by atoms with Gasteiger partial charge in [-0.05, 0) is 12.5 Å². The molecule has 2 rings (SSSR count). The average Bonchev–Trinajstić information content (AvgIpc) is 2.29. The van der Waals surface area contributed by atoms with Gasteiger partial charge in [-0.25, -0.2) is 9.37 Å². The third kappa shape index (κ3) is 2.21. The number of aromatic nitrogens is 2. The summed E-state index contributed by atoms with van der Waals surface area (Å²) in [6.45, 7) is 0.935. The first-order valence-corrected chi connectivity index (χ1v) is 5.21. The Morgan fingerprint density at radius 2 is 2.44 bits per heavy atom. The lowest BCUT2D eigenvalue weighted by Crippen LogP contribution is -2.46. The standard InChI is InChI=1S/C10H15FN4O/c1-16-8-3-5-15(6-7(8)11)10-13-4-2-9(12)14-10/h2,4,7-8H,3,5-6H2,1H3,(H2,12,13,14)/t7-,8?/m1/s1. The minimum atomic E-state index is -1.01. The van der Waals surface area contributed by atoms with Crippen LogP contribution in [-0.4, -0.2) is 42.4 Å². The Bertz CT molecular complexity index is 362. The molecule has 0 bridgehead atoms. The van der Waals surface area contributed by atoms with E-state index < -0.39 is 6.17 Å². The van der Waals surface area contributed by atoms with Crippen molar-refractivity contribution in [3.05, 3.63) is 12.3 Å². The lowest BCUT2D eigenvalue weighted by Gasteiger charge is -2.33. The first kappa shape index (κ1) is 11.1. The number of halogens is 1. The van der Waals surface area contributed by atoms with Crippen molar-refractivity contribution in [2.75, 3.05) is 30.8 Å². The SMILES string of the molecule is COC1CCN(c2nccc(N)n2)C[C@H]1F. The van der Waals surface area contributed by atoms with Gasteiger partial charge in [0.1, 0.15) is 12.0 Å². The monoisotopic (exact) mass is 226 g/mol. The summed E-state index contributed by atoms with van der Waals surface area (Å²) in [6, 6.07) is 1.61. The second-order valence-electron chi connectivity index (χ2n) is 3.81. The second-order valence-corrected chi connectivity index (χ2v) is 3.81. The molecule has 0 saturated carbocycles. The van der Waals surface area contributed by atoms with Gasteiger partial charge in [-0.2, -0.15) is 4.98 Å². The van der Waals surface area contributed by atoms with E-state index in [1.54, 1.807) is 17.2 Å². The van der Waals surface area contributed by atoms with Crippen LogP contribution >= 0.6 is 0 Å². The van der Waals surface area contributed by atoms with Crippen molar-refractivity contribution < 1.29 is 9.13 Å². The maximum atomic E-state index is 13.6. The maximum Gasteiger partial charge on any atom is 0.227 e. The number of nitrogens with two attached hydrogens (primary N) is 1. The van der Waals surface area contributed by atoms with Gasteiger partial charge >= 0.3 is 0 Å². The molecule has 16 heavy (non-hydrogen) atoms. The van der Waals surface area contributed by atoms with Crippen LogP contribution in [0.15, 0.2) is 12.3 Å². The maximum absolute atomic E-state index is 13.6. The first-order valence-electron chi connectivity index (χ1n) is 5.21. The van der Waals surface area contributed by atoms with Crippen LogP contribution < -0.4 is 10.6 Å². The Balaban J connectivity index is 2.07. The van der Waals surface area contributed by atoms with E-state index in [-0.39, 0.29) is 12.6 Å². The van der Waals surface area contributed by atoms with Gasteiger partial charge in [-0.1, -0.05) is 0 Å². The molecule has 5 nitrogen and oxygen atoms in total. The van der Waals surface area contributed by atoms with Crippen LogP contribution in [0.2, 0.25) is 0 Å². The molecular formula is C10H15FN4O. The molecule has 2 atom stereocenters. The van der Waals surface area contributed by atoms with Gasteiger partial charge < -0.3 is 15.4 Å². The van der Waals surface area contributed by atoms with Gasteiger partial charge in [0.2, 0.25) is 5.95 Å². The summed E-state index contributed by atoms with van der Waals surface area (Å²) in [6.07, 6.45) is 0.879. The van der Waals surface area contributed by atoms with Crippen molar-refractivity contribution in [2.24, 2.45) is 0 Å². The fourth-order valence-electron chi connectivity index (χ4n) is 1.84. The summed E-state index contributed by atoms with van der Waals surface area (Å²) in [5, 5.41) is 0. The van der Waals surface area contributed by atoms with E-state index in [0.717, 1.165) is 0 Å². The number of nitrogens with zero attached hydrogens (tertiary/aromatic N) is 3. The molecule has 88 valence electrons. The third-order valence-electron chi connectivity index (χ3n) is 2.73. The molecule has 1 unspecified atom stereocenters. The molecule has 1 aromatic heterocycles. The van der Waals surface area contributed by atoms with Gasteiger partial charge in [0.25, 0.3) is 0 Å². The summed E-state index contributed by atoms with van der Waals surface area (Å²) in [5.74, 6) is 0.881. The molecule has 0 amide bonds. The normalized spacial score (nSPS) is 25.8. The van der Waals surface area contributed by atoms with Crippen LogP contribution in [0.5, 0.6) is 0 Å². The van der Waals surface area contributed by atoms with Gasteiger partial charge in [-0.3, -0.25) is 0 Å². The number of hydrogen-bond donors (Lipinski definition) is 1. The number of piperidine rings is 1. The fraction of sp³-hybridized carbons (Fsp3) is 0.600. The van der Waals surface area contributed by atoms with Crippen LogP contribution in [0.4, 0.5) is 16.2 Å². The Morgan fingerprint density at radius 3 is 3.06 bits per heavy atom. The molecule has 2 heterocycles. The van der Waals surface area contributed by atoms with Gasteiger partial charge in [0, 0.05) is 19.9 Å². The first-order chi connectivity index (χ1) is 7.70. The molecular weight excluding hydrogens is 211 g/mol. The molecule has 0 aliphatic carbocycles. The Hall–Kier alpha value is -1.43. The van der Waals surface area contributed by atoms with Gasteiger partial charge in [-0.15, -0.1) is 0 Å². The lowest BCUT2D eigenvalue weighted by molar-refractivity contribution is 0.0194. The Labute approximate surface area is 93.4 Å². The predicted octanol–water partition coefficient (Wildman–Crippen LogP) is 0.622. The molecule has 0 radical (unpaired) electrons. The van der Waals surface area contributed by atoms with Crippen molar-refractivity contribution in [1.29, 1.82) is 0 Å². The van der Waals surface area contributed by atoms with Crippen molar-refractivity contribution >= 4 is 11.8 Å². The van der Waals surface area contributed by atoms with Crippen LogP contribution in [0.25, 0.3) is 0 Å². The third-order valence-corrected chi connectivity index (χ3v) is 2.73. The number of hydrogen-bond acceptors (Lipinski definition) is 5. The summed E-state index contributed by atoms with van der Waals surface area (Å²) in [4.78, 5) is 9.93. The van der Waals surface area contributed by atoms with E-state index in [1.165, 1.54) is 7.11 Å². The predicted molar refractivity (Wildman–Crippen MR) is 59.0 cm³/mol. The Kier molecular flexibility index (Phi) is 3.19. The molecule has 6 heteroatoms. The fourth-order valence-corrected chi connectivity index (χ4v) is 1.84. The highest BCUT2D eigenvalue weighted by atomic mass is 19.1. The highest BCUT2D eigenvalue weighted by Gasteiger charge is 2.30. The second kappa shape index (κ2) is 4.61. The van der Waals surface area contributed by atoms with Crippen LogP contribution in [0.1, 0.15) is 6.42 Å². The quantitative estimate of drug-likeness (QED) is 0.801. The molecule has 0 spiro atoms. The molecule has 0 aromatic carbocycles. The van der Waals surface area contributed by atoms with Gasteiger partial charge in [0.15, 0.2) is 0 Å². The summed E-state index contributed by atoms with van der Waals surface area (Å²) < 4.78 is 18.7. The molecule has 2 N–H and O–H groups in total. The zero-order valence-corrected chi connectivity index (χ0v) is 9.14. The number of alkyl halides is 1. The smallest absolute Gasteiger partial charge is 0.227 e. The van der Waals surface area contributed by atoms with Crippen molar-refractivity contribution in [3.8, 4) is 0 Å². The van der Waals surface area contributed by atoms with Gasteiger partial charge in [0.05, 0.1) is 12.6 Å². The number of nitrogen functional groups attached to an aromatic ring is 1. The van der Waals surface area contributed by atoms with E-state index in [0.29, 0.717) is 24.7 Å². The van der Waals surface area contributed by atoms with Crippen molar-refractivity contribution in [3.63, 3.8) is 0 Å². The summed E-state index contributed by atoms with van der Waals surface area (Å²) in [5.41, 5.74) is 5.56. The van der Waals surface area contributed by atoms with Crippen molar-refractivity contribution in [2.45, 2.75) is 18.7 Å². The minimum absolute atomic E-state index is 0.252. The largest absolute Gasteiger partial charge is 0.384 e. The molecule has 1 aliphatic heterocycles. The van der Waals surface area contributed by atoms with Crippen molar-refractivity contribution in [1.82, 2.24) is 9.97 Å². The summed E-state index contributed by atoms with van der Waals surface area (Å²) in [7, 11) is 1.53. The van der Waals surface area contributed by atoms with Crippen LogP contribution in [0.3, 0.4) is 0 Å². The highest BCUT2D eigenvalue weighted by Crippen LogP contribution is 2.20. The van der Waals surface area contributed by atoms with E-state index in [1.807, 2.05) is 0 Å². The van der Waals surface area contributed by atoms with Crippen LogP contribution in [0, 0.1) is 0 Å². The summed E-state index contributed by atoms with van der Waals surface area (Å²) >= 11 is 0. The van der Waals surface area contributed by atoms with Crippen LogP contribution in [-0.2, 0) is 4.74 Å². The highest BCUT2D eigenvalue weighted by molar-refractivity contribution is 5.38. The molecule has 1 fully saturated rings. The topological polar surface area (TPSA) is 64.3 Å². The minimum Gasteiger partial charge on any atom is -0.384 e. The van der Waals surface area contributed by atoms with E-state index in [4.69, 9.17) is 10.5 Å². The Morgan fingerprint density at radius 1 is 1.62 bits per heavy atom. The van der Waals surface area contributed by atoms with E-state index >= 15 is 0 Å². The number of rotatable bonds is 2. The number of methoxy groups -OCH3 is 1. The number of anilines is 2. The molecule has 1 saturated heterocycles. The number of ether oxygens (including phenoxy) is 1. The van der Waals surface area contributed by atoms with E-state index in [9.17, 15) is 4.39 Å².